The Morgan fingerprint density at radius 2 is 1.96 bits per heavy atom. The van der Waals surface area contributed by atoms with Crippen LogP contribution in [0.5, 0.6) is 0 Å². The summed E-state index contributed by atoms with van der Waals surface area (Å²) < 4.78 is 0. The molecule has 28 heavy (non-hydrogen) atoms. The number of fused-ring (bicyclic) bond motifs is 1. The van der Waals surface area contributed by atoms with Crippen molar-refractivity contribution in [2.24, 2.45) is 0 Å². The molecule has 0 saturated carbocycles. The molecule has 1 N–H and O–H groups in total. The zero-order valence-electron chi connectivity index (χ0n) is 16.4. The molecule has 146 valence electrons. The van der Waals surface area contributed by atoms with Crippen molar-refractivity contribution in [2.75, 3.05) is 29.9 Å². The zero-order valence-corrected chi connectivity index (χ0v) is 18.0. The molecule has 0 unspecified atom stereocenters. The number of anilines is 1. The Labute approximate surface area is 173 Å². The fourth-order valence-corrected chi connectivity index (χ4v) is 5.79. The lowest BCUT2D eigenvalue weighted by atomic mass is 10.1. The van der Waals surface area contributed by atoms with Gasteiger partial charge in [-0.3, -0.25) is 9.69 Å². The second-order valence-electron chi connectivity index (χ2n) is 7.14. The van der Waals surface area contributed by atoms with E-state index >= 15 is 0 Å². The second kappa shape index (κ2) is 8.19. The Hall–Kier alpha value is -1.96. The van der Waals surface area contributed by atoms with E-state index in [1.165, 1.54) is 28.4 Å². The van der Waals surface area contributed by atoms with Crippen molar-refractivity contribution in [3.8, 4) is 0 Å². The number of aromatic nitrogens is 2. The molecule has 7 heteroatoms. The van der Waals surface area contributed by atoms with E-state index in [0.29, 0.717) is 4.88 Å². The fraction of sp³-hybridized carbons (Fsp3) is 0.381. The van der Waals surface area contributed by atoms with Gasteiger partial charge in [-0.05, 0) is 44.0 Å². The summed E-state index contributed by atoms with van der Waals surface area (Å²) in [4.78, 5) is 25.9. The molecule has 1 amide bonds. The van der Waals surface area contributed by atoms with E-state index in [-0.39, 0.29) is 5.91 Å². The van der Waals surface area contributed by atoms with Gasteiger partial charge in [-0.2, -0.15) is 11.8 Å². The molecule has 4 rings (SSSR count). The molecule has 0 atom stereocenters. The minimum atomic E-state index is -0.0796. The molecule has 1 saturated heterocycles. The van der Waals surface area contributed by atoms with E-state index in [4.69, 9.17) is 0 Å². The standard InChI is InChI=1S/C21H24N4OS2/c1-13-18-14(2)22-15(3)23-21(18)28-19(13)20(26)24-17-6-4-5-16(11-17)12-25-7-9-27-10-8-25/h4-6,11H,7-10,12H2,1-3H3,(H,24,26). The third-order valence-electron chi connectivity index (χ3n) is 4.98. The first-order valence-corrected chi connectivity index (χ1v) is 11.4. The summed E-state index contributed by atoms with van der Waals surface area (Å²) in [7, 11) is 0. The average Bonchev–Trinajstić information content (AvgIpc) is 2.99. The quantitative estimate of drug-likeness (QED) is 0.687. The highest BCUT2D eigenvalue weighted by molar-refractivity contribution is 7.99. The topological polar surface area (TPSA) is 58.1 Å². The van der Waals surface area contributed by atoms with Crippen LogP contribution in [-0.4, -0.2) is 45.4 Å². The summed E-state index contributed by atoms with van der Waals surface area (Å²) in [5.74, 6) is 3.05. The van der Waals surface area contributed by atoms with Gasteiger partial charge in [-0.25, -0.2) is 9.97 Å². The number of amides is 1. The van der Waals surface area contributed by atoms with Crippen LogP contribution in [0.15, 0.2) is 24.3 Å². The SMILES string of the molecule is Cc1nc(C)c2c(C)c(C(=O)Nc3cccc(CN4CCSCC4)c3)sc2n1. The molecule has 3 heterocycles. The number of nitrogens with one attached hydrogen (secondary N) is 1. The van der Waals surface area contributed by atoms with E-state index < -0.39 is 0 Å². The van der Waals surface area contributed by atoms with E-state index in [9.17, 15) is 4.79 Å². The van der Waals surface area contributed by atoms with Gasteiger partial charge < -0.3 is 5.32 Å². The largest absolute Gasteiger partial charge is 0.321 e. The van der Waals surface area contributed by atoms with Gasteiger partial charge in [0.15, 0.2) is 0 Å². The van der Waals surface area contributed by atoms with Crippen molar-refractivity contribution in [1.29, 1.82) is 0 Å². The highest BCUT2D eigenvalue weighted by Gasteiger charge is 2.19. The Morgan fingerprint density at radius 1 is 1.18 bits per heavy atom. The maximum absolute atomic E-state index is 12.9. The molecule has 1 aliphatic heterocycles. The number of rotatable bonds is 4. The molecule has 5 nitrogen and oxygen atoms in total. The lowest BCUT2D eigenvalue weighted by Gasteiger charge is -2.26. The van der Waals surface area contributed by atoms with Gasteiger partial charge in [-0.15, -0.1) is 11.3 Å². The maximum Gasteiger partial charge on any atom is 0.266 e. The van der Waals surface area contributed by atoms with Crippen LogP contribution in [0.4, 0.5) is 5.69 Å². The van der Waals surface area contributed by atoms with Gasteiger partial charge in [0.05, 0.1) is 4.88 Å². The first kappa shape index (κ1) is 19.4. The van der Waals surface area contributed by atoms with Gasteiger partial charge >= 0.3 is 0 Å². The number of hydrogen-bond donors (Lipinski definition) is 1. The summed E-state index contributed by atoms with van der Waals surface area (Å²) in [6.45, 7) is 9.02. The van der Waals surface area contributed by atoms with Crippen LogP contribution in [0, 0.1) is 20.8 Å². The summed E-state index contributed by atoms with van der Waals surface area (Å²) in [6.07, 6.45) is 0. The molecule has 1 aromatic carbocycles. The van der Waals surface area contributed by atoms with Crippen molar-refractivity contribution in [1.82, 2.24) is 14.9 Å². The number of aryl methyl sites for hydroxylation is 3. The molecule has 1 fully saturated rings. The molecule has 2 aromatic heterocycles. The van der Waals surface area contributed by atoms with E-state index in [0.717, 1.165) is 52.6 Å². The smallest absolute Gasteiger partial charge is 0.266 e. The van der Waals surface area contributed by atoms with Crippen LogP contribution in [0.3, 0.4) is 0 Å². The Bertz CT molecular complexity index is 1020. The first-order chi connectivity index (χ1) is 13.5. The molecule has 3 aromatic rings. The van der Waals surface area contributed by atoms with Gasteiger partial charge in [-0.1, -0.05) is 12.1 Å². The lowest BCUT2D eigenvalue weighted by Crippen LogP contribution is -2.31. The van der Waals surface area contributed by atoms with Crippen molar-refractivity contribution >= 4 is 44.9 Å². The molecule has 0 bridgehead atoms. The number of carbonyl (C=O) groups is 1. The molecular formula is C21H24N4OS2. The van der Waals surface area contributed by atoms with Gasteiger partial charge in [0.25, 0.3) is 5.91 Å². The monoisotopic (exact) mass is 412 g/mol. The number of carbonyl (C=O) groups excluding carboxylic acids is 1. The number of nitrogens with zero attached hydrogens (tertiary/aromatic N) is 3. The third kappa shape index (κ3) is 4.06. The highest BCUT2D eigenvalue weighted by atomic mass is 32.2. The maximum atomic E-state index is 12.9. The van der Waals surface area contributed by atoms with Gasteiger partial charge in [0.1, 0.15) is 10.7 Å². The van der Waals surface area contributed by atoms with Crippen LogP contribution in [-0.2, 0) is 6.54 Å². The van der Waals surface area contributed by atoms with Crippen molar-refractivity contribution in [2.45, 2.75) is 27.3 Å². The summed E-state index contributed by atoms with van der Waals surface area (Å²) in [6, 6.07) is 8.17. The lowest BCUT2D eigenvalue weighted by molar-refractivity contribution is 0.103. The van der Waals surface area contributed by atoms with Crippen molar-refractivity contribution < 1.29 is 4.79 Å². The van der Waals surface area contributed by atoms with Crippen molar-refractivity contribution in [3.63, 3.8) is 0 Å². The van der Waals surface area contributed by atoms with E-state index in [2.05, 4.69) is 32.3 Å². The van der Waals surface area contributed by atoms with E-state index in [1.54, 1.807) is 0 Å². The number of hydrogen-bond acceptors (Lipinski definition) is 6. The van der Waals surface area contributed by atoms with Crippen LogP contribution in [0.1, 0.15) is 32.3 Å². The molecule has 0 aliphatic carbocycles. The minimum absolute atomic E-state index is 0.0796. The Balaban J connectivity index is 1.54. The Morgan fingerprint density at radius 3 is 2.75 bits per heavy atom. The van der Waals surface area contributed by atoms with Crippen LogP contribution >= 0.6 is 23.1 Å². The fourth-order valence-electron chi connectivity index (χ4n) is 3.64. The van der Waals surface area contributed by atoms with Gasteiger partial charge in [0, 0.05) is 47.9 Å². The minimum Gasteiger partial charge on any atom is -0.321 e. The number of thioether (sulfide) groups is 1. The molecule has 1 aliphatic rings. The summed E-state index contributed by atoms with van der Waals surface area (Å²) >= 11 is 3.45. The number of benzene rings is 1. The highest BCUT2D eigenvalue weighted by Crippen LogP contribution is 2.31. The van der Waals surface area contributed by atoms with Gasteiger partial charge in [0.2, 0.25) is 0 Å². The van der Waals surface area contributed by atoms with Crippen LogP contribution in [0.2, 0.25) is 0 Å². The van der Waals surface area contributed by atoms with Crippen LogP contribution < -0.4 is 5.32 Å². The molecule has 0 spiro atoms. The normalized spacial score (nSPS) is 15.1. The summed E-state index contributed by atoms with van der Waals surface area (Å²) in [5.41, 5.74) is 3.95. The number of thiophene rings is 1. The Kier molecular flexibility index (Phi) is 5.66. The first-order valence-electron chi connectivity index (χ1n) is 9.46. The molecule has 0 radical (unpaired) electrons. The van der Waals surface area contributed by atoms with E-state index in [1.807, 2.05) is 44.7 Å². The average molecular weight is 413 g/mol. The predicted octanol–water partition coefficient (Wildman–Crippen LogP) is 4.42. The van der Waals surface area contributed by atoms with Crippen LogP contribution in [0.25, 0.3) is 10.2 Å². The second-order valence-corrected chi connectivity index (χ2v) is 9.36. The third-order valence-corrected chi connectivity index (χ3v) is 7.11. The molecular weight excluding hydrogens is 388 g/mol. The zero-order chi connectivity index (χ0) is 19.7. The predicted molar refractivity (Wildman–Crippen MR) is 119 cm³/mol. The summed E-state index contributed by atoms with van der Waals surface area (Å²) in [5, 5.41) is 4.07. The van der Waals surface area contributed by atoms with Crippen molar-refractivity contribution in [3.05, 3.63) is 51.8 Å².